The molecule has 0 amide bonds. The summed E-state index contributed by atoms with van der Waals surface area (Å²) in [4.78, 5) is 8.02. The van der Waals surface area contributed by atoms with Crippen molar-refractivity contribution in [3.8, 4) is 0 Å². The minimum absolute atomic E-state index is 0.282. The number of hydrogen-bond acceptors (Lipinski definition) is 5. The lowest BCUT2D eigenvalue weighted by atomic mass is 10.2. The second-order valence-electron chi connectivity index (χ2n) is 3.34. The van der Waals surface area contributed by atoms with Crippen LogP contribution in [-0.2, 0) is 11.2 Å². The van der Waals surface area contributed by atoms with Gasteiger partial charge >= 0.3 is 0 Å². The maximum absolute atomic E-state index is 5.07. The Hall–Kier alpha value is -2.17. The molecule has 0 bridgehead atoms. The largest absolute Gasteiger partial charge is 0.483 e. The van der Waals surface area contributed by atoms with Gasteiger partial charge in [0.15, 0.2) is 6.40 Å². The number of ether oxygens (including phenoxy) is 1. The first-order valence-corrected chi connectivity index (χ1v) is 5.39. The fourth-order valence-electron chi connectivity index (χ4n) is 1.30. The second kappa shape index (κ2) is 5.79. The summed E-state index contributed by atoms with van der Waals surface area (Å²) in [7, 11) is 0. The van der Waals surface area contributed by atoms with E-state index < -0.39 is 0 Å². The van der Waals surface area contributed by atoms with E-state index in [1.165, 1.54) is 6.40 Å². The molecule has 1 aromatic heterocycles. The number of benzene rings is 1. The Bertz CT molecular complexity index is 480. The fourth-order valence-corrected chi connectivity index (χ4v) is 1.30. The number of rotatable bonds is 5. The number of nitrogens with zero attached hydrogens (tertiary/aromatic N) is 3. The monoisotopic (exact) mass is 231 g/mol. The molecule has 2 aromatic rings. The van der Waals surface area contributed by atoms with E-state index in [-0.39, 0.29) is 5.95 Å². The topological polar surface area (TPSA) is 60.5 Å². The van der Waals surface area contributed by atoms with E-state index >= 15 is 0 Å². The molecular formula is C12H13N3O2. The van der Waals surface area contributed by atoms with Crippen molar-refractivity contribution in [3.05, 3.63) is 41.8 Å². The molecule has 88 valence electrons. The summed E-state index contributed by atoms with van der Waals surface area (Å²) in [5, 5.41) is 3.72. The Kier molecular flexibility index (Phi) is 3.85. The zero-order valence-electron chi connectivity index (χ0n) is 9.54. The van der Waals surface area contributed by atoms with Crippen molar-refractivity contribution in [3.63, 3.8) is 0 Å². The third-order valence-electron chi connectivity index (χ3n) is 2.06. The third kappa shape index (κ3) is 3.41. The van der Waals surface area contributed by atoms with Crippen LogP contribution in [0.4, 0.5) is 5.95 Å². The van der Waals surface area contributed by atoms with Crippen LogP contribution in [0.2, 0.25) is 0 Å². The number of hydrogen-bond donors (Lipinski definition) is 0. The van der Waals surface area contributed by atoms with Crippen LogP contribution in [0.25, 0.3) is 0 Å². The summed E-state index contributed by atoms with van der Waals surface area (Å²) < 4.78 is 10.0. The van der Waals surface area contributed by atoms with Gasteiger partial charge in [0.2, 0.25) is 5.89 Å². The molecule has 0 aliphatic heterocycles. The van der Waals surface area contributed by atoms with Crippen LogP contribution >= 0.6 is 0 Å². The molecule has 17 heavy (non-hydrogen) atoms. The van der Waals surface area contributed by atoms with Crippen LogP contribution in [0, 0.1) is 0 Å². The van der Waals surface area contributed by atoms with Gasteiger partial charge in [-0.2, -0.15) is 9.98 Å². The first kappa shape index (κ1) is 11.3. The molecule has 5 heteroatoms. The normalized spacial score (nSPS) is 10.9. The van der Waals surface area contributed by atoms with Crippen LogP contribution in [-0.4, -0.2) is 23.1 Å². The Labute approximate surface area is 99.1 Å². The lowest BCUT2D eigenvalue weighted by Crippen LogP contribution is -1.87. The molecule has 0 N–H and O–H groups in total. The quantitative estimate of drug-likeness (QED) is 0.585. The third-order valence-corrected chi connectivity index (χ3v) is 2.06. The number of aliphatic imine (C=N–C) groups is 1. The van der Waals surface area contributed by atoms with Gasteiger partial charge < -0.3 is 9.26 Å². The van der Waals surface area contributed by atoms with Gasteiger partial charge in [-0.3, -0.25) is 0 Å². The fraction of sp³-hybridized carbons (Fsp3) is 0.250. The summed E-state index contributed by atoms with van der Waals surface area (Å²) in [5.74, 6) is 0.823. The van der Waals surface area contributed by atoms with Gasteiger partial charge in [0.05, 0.1) is 13.0 Å². The standard InChI is InChI=1S/C12H13N3O2/c1-2-16-9-13-12-14-11(17-15-12)8-10-6-4-3-5-7-10/h3-7,9H,2,8H2,1H3. The van der Waals surface area contributed by atoms with E-state index in [2.05, 4.69) is 15.1 Å². The van der Waals surface area contributed by atoms with E-state index in [1.807, 2.05) is 37.3 Å². The van der Waals surface area contributed by atoms with Crippen molar-refractivity contribution < 1.29 is 9.26 Å². The summed E-state index contributed by atoms with van der Waals surface area (Å²) in [6.45, 7) is 2.45. The van der Waals surface area contributed by atoms with Gasteiger partial charge in [0, 0.05) is 0 Å². The Morgan fingerprint density at radius 2 is 2.18 bits per heavy atom. The summed E-state index contributed by atoms with van der Waals surface area (Å²) >= 11 is 0. The molecule has 1 aromatic carbocycles. The van der Waals surface area contributed by atoms with Crippen molar-refractivity contribution in [2.24, 2.45) is 4.99 Å². The zero-order chi connectivity index (χ0) is 11.9. The van der Waals surface area contributed by atoms with Crippen LogP contribution < -0.4 is 0 Å². The number of aromatic nitrogens is 2. The smallest absolute Gasteiger partial charge is 0.292 e. The highest BCUT2D eigenvalue weighted by molar-refractivity contribution is 5.50. The van der Waals surface area contributed by atoms with Crippen molar-refractivity contribution in [1.82, 2.24) is 10.1 Å². The molecule has 0 saturated heterocycles. The molecule has 0 spiro atoms. The van der Waals surface area contributed by atoms with Gasteiger partial charge in [-0.15, -0.1) is 0 Å². The first-order valence-electron chi connectivity index (χ1n) is 5.39. The molecule has 0 fully saturated rings. The Morgan fingerprint density at radius 1 is 1.35 bits per heavy atom. The van der Waals surface area contributed by atoms with E-state index in [0.29, 0.717) is 18.9 Å². The predicted octanol–water partition coefficient (Wildman–Crippen LogP) is 2.36. The maximum atomic E-state index is 5.07. The van der Waals surface area contributed by atoms with Crippen LogP contribution in [0.1, 0.15) is 18.4 Å². The highest BCUT2D eigenvalue weighted by Crippen LogP contribution is 2.10. The zero-order valence-corrected chi connectivity index (χ0v) is 9.54. The van der Waals surface area contributed by atoms with Crippen molar-refractivity contribution >= 4 is 12.3 Å². The van der Waals surface area contributed by atoms with E-state index in [9.17, 15) is 0 Å². The van der Waals surface area contributed by atoms with Gasteiger partial charge in [0.25, 0.3) is 5.95 Å². The Balaban J connectivity index is 1.99. The molecule has 2 rings (SSSR count). The van der Waals surface area contributed by atoms with Crippen LogP contribution in [0.3, 0.4) is 0 Å². The minimum atomic E-state index is 0.282. The van der Waals surface area contributed by atoms with E-state index in [0.717, 1.165) is 5.56 Å². The summed E-state index contributed by atoms with van der Waals surface area (Å²) in [6.07, 6.45) is 1.93. The molecule has 1 heterocycles. The summed E-state index contributed by atoms with van der Waals surface area (Å²) in [5.41, 5.74) is 1.12. The molecule has 0 unspecified atom stereocenters. The van der Waals surface area contributed by atoms with Gasteiger partial charge in [-0.25, -0.2) is 0 Å². The van der Waals surface area contributed by atoms with Crippen molar-refractivity contribution in [1.29, 1.82) is 0 Å². The lowest BCUT2D eigenvalue weighted by Gasteiger charge is -1.93. The van der Waals surface area contributed by atoms with E-state index in [1.54, 1.807) is 0 Å². The van der Waals surface area contributed by atoms with Crippen molar-refractivity contribution in [2.45, 2.75) is 13.3 Å². The van der Waals surface area contributed by atoms with E-state index in [4.69, 9.17) is 9.26 Å². The average Bonchev–Trinajstić information content (AvgIpc) is 2.79. The second-order valence-corrected chi connectivity index (χ2v) is 3.34. The minimum Gasteiger partial charge on any atom is -0.483 e. The Morgan fingerprint density at radius 3 is 2.94 bits per heavy atom. The highest BCUT2D eigenvalue weighted by Gasteiger charge is 2.05. The molecule has 5 nitrogen and oxygen atoms in total. The van der Waals surface area contributed by atoms with Crippen LogP contribution in [0.15, 0.2) is 39.8 Å². The molecule has 0 radical (unpaired) electrons. The summed E-state index contributed by atoms with van der Waals surface area (Å²) in [6, 6.07) is 9.93. The predicted molar refractivity (Wildman–Crippen MR) is 63.3 cm³/mol. The first-order chi connectivity index (χ1) is 8.38. The SMILES string of the molecule is CCOC=Nc1noc(Cc2ccccc2)n1. The van der Waals surface area contributed by atoms with Gasteiger partial charge in [-0.1, -0.05) is 30.3 Å². The van der Waals surface area contributed by atoms with Crippen LogP contribution in [0.5, 0.6) is 0 Å². The molecule has 0 aliphatic rings. The van der Waals surface area contributed by atoms with Gasteiger partial charge in [0.1, 0.15) is 0 Å². The maximum Gasteiger partial charge on any atom is 0.292 e. The van der Waals surface area contributed by atoms with Crippen molar-refractivity contribution in [2.75, 3.05) is 6.61 Å². The average molecular weight is 231 g/mol. The lowest BCUT2D eigenvalue weighted by molar-refractivity contribution is 0.343. The molecule has 0 aliphatic carbocycles. The molecule has 0 atom stereocenters. The molecule has 0 saturated carbocycles. The highest BCUT2D eigenvalue weighted by atomic mass is 16.5. The van der Waals surface area contributed by atoms with Gasteiger partial charge in [-0.05, 0) is 17.6 Å². The molecular weight excluding hydrogens is 218 g/mol.